The number of hydrogen-bond acceptors (Lipinski definition) is 3. The molecule has 0 bridgehead atoms. The van der Waals surface area contributed by atoms with Crippen molar-refractivity contribution in [2.24, 2.45) is 0 Å². The number of benzene rings is 2. The molecule has 2 unspecified atom stereocenters. The lowest BCUT2D eigenvalue weighted by Crippen LogP contribution is -2.48. The van der Waals surface area contributed by atoms with Crippen LogP contribution in [0.25, 0.3) is 0 Å². The van der Waals surface area contributed by atoms with Gasteiger partial charge in [-0.05, 0) is 42.3 Å². The summed E-state index contributed by atoms with van der Waals surface area (Å²) >= 11 is 6.06. The van der Waals surface area contributed by atoms with Crippen molar-refractivity contribution in [3.63, 3.8) is 0 Å². The number of ether oxygens (including phenoxy) is 1. The third kappa shape index (κ3) is 4.23. The Hall–Kier alpha value is -2.37. The summed E-state index contributed by atoms with van der Waals surface area (Å²) in [7, 11) is 0. The molecule has 0 saturated carbocycles. The lowest BCUT2D eigenvalue weighted by molar-refractivity contribution is -0.143. The van der Waals surface area contributed by atoms with Crippen LogP contribution in [0.15, 0.2) is 48.5 Å². The monoisotopic (exact) mass is 373 g/mol. The first-order valence-electron chi connectivity index (χ1n) is 8.43. The van der Waals surface area contributed by atoms with E-state index in [1.54, 1.807) is 29.2 Å². The number of hydrogen-bond donors (Lipinski definition) is 1. The second-order valence-corrected chi connectivity index (χ2v) is 6.89. The Morgan fingerprint density at radius 3 is 2.73 bits per heavy atom. The number of nitrogens with zero attached hydrogens (tertiary/aromatic N) is 1. The first-order chi connectivity index (χ1) is 12.4. The van der Waals surface area contributed by atoms with E-state index in [2.05, 4.69) is 0 Å². The van der Waals surface area contributed by atoms with Crippen LogP contribution in [0.3, 0.4) is 0 Å². The quantitative estimate of drug-likeness (QED) is 0.889. The summed E-state index contributed by atoms with van der Waals surface area (Å²) in [4.78, 5) is 25.7. The van der Waals surface area contributed by atoms with Gasteiger partial charge in [0.15, 0.2) is 0 Å². The normalized spacial score (nSPS) is 20.0. The van der Waals surface area contributed by atoms with E-state index in [1.807, 2.05) is 25.1 Å². The maximum absolute atomic E-state index is 12.8. The predicted molar refractivity (Wildman–Crippen MR) is 98.4 cm³/mol. The van der Waals surface area contributed by atoms with Crippen molar-refractivity contribution in [3.8, 4) is 0 Å². The van der Waals surface area contributed by atoms with Crippen molar-refractivity contribution in [2.45, 2.75) is 25.5 Å². The van der Waals surface area contributed by atoms with Crippen LogP contribution in [0.1, 0.15) is 34.5 Å². The van der Waals surface area contributed by atoms with Crippen molar-refractivity contribution in [2.75, 3.05) is 13.2 Å². The van der Waals surface area contributed by atoms with Gasteiger partial charge in [-0.15, -0.1) is 0 Å². The fourth-order valence-electron chi connectivity index (χ4n) is 3.10. The molecule has 1 amide bonds. The molecule has 2 aromatic rings. The fraction of sp³-hybridized carbons (Fsp3) is 0.300. The highest BCUT2D eigenvalue weighted by Crippen LogP contribution is 2.27. The standard InChI is InChI=1S/C20H20ClNO4/c1-13-12-26-18(15-5-3-7-17(21)10-15)11-22(13)19(23)9-14-4-2-6-16(8-14)20(24)25/h2-8,10,13,18H,9,11-12H2,1H3,(H,24,25). The van der Waals surface area contributed by atoms with Crippen LogP contribution in [0.2, 0.25) is 5.02 Å². The highest BCUT2D eigenvalue weighted by atomic mass is 35.5. The smallest absolute Gasteiger partial charge is 0.335 e. The second kappa shape index (κ2) is 7.89. The Morgan fingerprint density at radius 2 is 2.00 bits per heavy atom. The van der Waals surface area contributed by atoms with Gasteiger partial charge in [-0.2, -0.15) is 0 Å². The Morgan fingerprint density at radius 1 is 1.23 bits per heavy atom. The summed E-state index contributed by atoms with van der Waals surface area (Å²) in [6, 6.07) is 13.9. The van der Waals surface area contributed by atoms with Crippen molar-refractivity contribution in [1.82, 2.24) is 4.90 Å². The molecule has 1 N–H and O–H groups in total. The molecule has 0 radical (unpaired) electrons. The van der Waals surface area contributed by atoms with Crippen molar-refractivity contribution in [1.29, 1.82) is 0 Å². The minimum atomic E-state index is -1.000. The molecule has 0 spiro atoms. The summed E-state index contributed by atoms with van der Waals surface area (Å²) in [5.74, 6) is -1.05. The van der Waals surface area contributed by atoms with E-state index in [0.717, 1.165) is 5.56 Å². The minimum Gasteiger partial charge on any atom is -0.478 e. The number of carbonyl (C=O) groups is 2. The molecule has 1 saturated heterocycles. The van der Waals surface area contributed by atoms with Gasteiger partial charge in [0.05, 0.1) is 31.2 Å². The zero-order chi connectivity index (χ0) is 18.7. The Kier molecular flexibility index (Phi) is 5.59. The van der Waals surface area contributed by atoms with Gasteiger partial charge in [-0.1, -0.05) is 35.9 Å². The van der Waals surface area contributed by atoms with E-state index in [-0.39, 0.29) is 30.0 Å². The third-order valence-corrected chi connectivity index (χ3v) is 4.74. The van der Waals surface area contributed by atoms with Gasteiger partial charge >= 0.3 is 5.97 Å². The van der Waals surface area contributed by atoms with E-state index < -0.39 is 5.97 Å². The first-order valence-corrected chi connectivity index (χ1v) is 8.80. The van der Waals surface area contributed by atoms with E-state index in [9.17, 15) is 9.59 Å². The van der Waals surface area contributed by atoms with Gasteiger partial charge < -0.3 is 14.7 Å². The molecule has 5 nitrogen and oxygen atoms in total. The largest absolute Gasteiger partial charge is 0.478 e. The van der Waals surface area contributed by atoms with Gasteiger partial charge in [0.1, 0.15) is 6.10 Å². The summed E-state index contributed by atoms with van der Waals surface area (Å²) in [6.07, 6.45) is -0.0625. The van der Waals surface area contributed by atoms with Gasteiger partial charge in [-0.3, -0.25) is 4.79 Å². The van der Waals surface area contributed by atoms with Gasteiger partial charge in [-0.25, -0.2) is 4.79 Å². The number of morpholine rings is 1. The molecule has 1 aliphatic heterocycles. The van der Waals surface area contributed by atoms with E-state index in [4.69, 9.17) is 21.4 Å². The minimum absolute atomic E-state index is 0.0411. The average molecular weight is 374 g/mol. The molecule has 2 aromatic carbocycles. The van der Waals surface area contributed by atoms with Crippen molar-refractivity contribution in [3.05, 3.63) is 70.2 Å². The molecule has 1 aliphatic rings. The molecule has 0 aromatic heterocycles. The molecule has 1 heterocycles. The van der Waals surface area contributed by atoms with Crippen LogP contribution in [-0.2, 0) is 16.0 Å². The Balaban J connectivity index is 1.73. The zero-order valence-corrected chi connectivity index (χ0v) is 15.1. The Labute approximate surface area is 157 Å². The first kappa shape index (κ1) is 18.4. The topological polar surface area (TPSA) is 66.8 Å². The number of carbonyl (C=O) groups excluding carboxylic acids is 1. The van der Waals surface area contributed by atoms with Crippen molar-refractivity contribution >= 4 is 23.5 Å². The maximum Gasteiger partial charge on any atom is 0.335 e. The van der Waals surface area contributed by atoms with Crippen LogP contribution < -0.4 is 0 Å². The highest BCUT2D eigenvalue weighted by Gasteiger charge is 2.30. The maximum atomic E-state index is 12.8. The number of amides is 1. The van der Waals surface area contributed by atoms with Crippen LogP contribution in [0.5, 0.6) is 0 Å². The number of halogens is 1. The lowest BCUT2D eigenvalue weighted by Gasteiger charge is -2.38. The average Bonchev–Trinajstić information content (AvgIpc) is 2.62. The van der Waals surface area contributed by atoms with Gasteiger partial charge in [0.25, 0.3) is 0 Å². The van der Waals surface area contributed by atoms with Gasteiger partial charge in [0, 0.05) is 5.02 Å². The van der Waals surface area contributed by atoms with Crippen molar-refractivity contribution < 1.29 is 19.4 Å². The molecule has 6 heteroatoms. The molecule has 2 atom stereocenters. The van der Waals surface area contributed by atoms with Gasteiger partial charge in [0.2, 0.25) is 5.91 Å². The lowest BCUT2D eigenvalue weighted by atomic mass is 10.0. The van der Waals surface area contributed by atoms with E-state index in [0.29, 0.717) is 23.7 Å². The molecular formula is C20H20ClNO4. The number of aromatic carboxylic acids is 1. The number of carboxylic acids is 1. The number of rotatable bonds is 4. The second-order valence-electron chi connectivity index (χ2n) is 6.45. The van der Waals surface area contributed by atoms with Crippen LogP contribution in [0, 0.1) is 0 Å². The Bertz CT molecular complexity index is 823. The van der Waals surface area contributed by atoms with E-state index >= 15 is 0 Å². The fourth-order valence-corrected chi connectivity index (χ4v) is 3.30. The van der Waals surface area contributed by atoms with Crippen LogP contribution >= 0.6 is 11.6 Å². The molecule has 1 fully saturated rings. The zero-order valence-electron chi connectivity index (χ0n) is 14.4. The molecule has 0 aliphatic carbocycles. The molecule has 3 rings (SSSR count). The summed E-state index contributed by atoms with van der Waals surface area (Å²) in [5.41, 5.74) is 1.81. The van der Waals surface area contributed by atoms with E-state index in [1.165, 1.54) is 6.07 Å². The third-order valence-electron chi connectivity index (χ3n) is 4.50. The molecular weight excluding hydrogens is 354 g/mol. The summed E-state index contributed by atoms with van der Waals surface area (Å²) in [6.45, 7) is 2.83. The van der Waals surface area contributed by atoms with Crippen LogP contribution in [-0.4, -0.2) is 41.1 Å². The summed E-state index contributed by atoms with van der Waals surface area (Å²) < 4.78 is 5.88. The number of carboxylic acid groups (broad SMARTS) is 1. The molecule has 136 valence electrons. The SMILES string of the molecule is CC1COC(c2cccc(Cl)c2)CN1C(=O)Cc1cccc(C(=O)O)c1. The predicted octanol–water partition coefficient (Wildman–Crippen LogP) is 3.57. The highest BCUT2D eigenvalue weighted by molar-refractivity contribution is 6.30. The summed E-state index contributed by atoms with van der Waals surface area (Å²) in [5, 5.41) is 9.73. The van der Waals surface area contributed by atoms with Crippen LogP contribution in [0.4, 0.5) is 0 Å². The molecule has 26 heavy (non-hydrogen) atoms.